The first-order valence-electron chi connectivity index (χ1n) is 7.47. The van der Waals surface area contributed by atoms with Gasteiger partial charge in [0, 0.05) is 26.2 Å². The Morgan fingerprint density at radius 3 is 2.95 bits per heavy atom. The Labute approximate surface area is 123 Å². The van der Waals surface area contributed by atoms with E-state index in [-0.39, 0.29) is 5.56 Å². The third-order valence-electron chi connectivity index (χ3n) is 4.23. The summed E-state index contributed by atoms with van der Waals surface area (Å²) in [6.07, 6.45) is 3.66. The van der Waals surface area contributed by atoms with Crippen LogP contribution < -0.4 is 10.5 Å². The minimum absolute atomic E-state index is 0.115. The van der Waals surface area contributed by atoms with Crippen molar-refractivity contribution in [3.05, 3.63) is 16.6 Å². The highest BCUT2D eigenvalue weighted by Crippen LogP contribution is 2.18. The number of hydrogen-bond acceptors (Lipinski definition) is 5. The lowest BCUT2D eigenvalue weighted by molar-refractivity contribution is 0.327. The Kier molecular flexibility index (Phi) is 3.67. The van der Waals surface area contributed by atoms with E-state index < -0.39 is 0 Å². The van der Waals surface area contributed by atoms with Crippen LogP contribution in [-0.4, -0.2) is 57.4 Å². The zero-order valence-electron chi connectivity index (χ0n) is 12.8. The van der Waals surface area contributed by atoms with E-state index in [2.05, 4.69) is 38.8 Å². The van der Waals surface area contributed by atoms with E-state index in [1.807, 2.05) is 7.05 Å². The second-order valence-corrected chi connectivity index (χ2v) is 5.77. The van der Waals surface area contributed by atoms with E-state index in [1.165, 1.54) is 0 Å². The number of H-pyrrole nitrogens is 1. The molecule has 114 valence electrons. The lowest BCUT2D eigenvalue weighted by Crippen LogP contribution is -2.41. The maximum absolute atomic E-state index is 12.2. The van der Waals surface area contributed by atoms with Gasteiger partial charge in [0.25, 0.3) is 5.56 Å². The predicted octanol–water partition coefficient (Wildman–Crippen LogP) is 0.577. The van der Waals surface area contributed by atoms with E-state index in [1.54, 1.807) is 10.9 Å². The molecule has 1 N–H and O–H groups in total. The molecule has 1 saturated heterocycles. The number of anilines is 1. The first-order valence-corrected chi connectivity index (χ1v) is 7.47. The molecule has 7 nitrogen and oxygen atoms in total. The van der Waals surface area contributed by atoms with Crippen LogP contribution in [0.25, 0.3) is 11.0 Å². The normalized spacial score (nSPS) is 20.9. The SMILES string of the molecule is CC[C@@H]1CN(C)CCCN1c1nc2c(cnn2C)c(=O)[nH]1. The van der Waals surface area contributed by atoms with Gasteiger partial charge in [-0.15, -0.1) is 0 Å². The highest BCUT2D eigenvalue weighted by Gasteiger charge is 2.24. The van der Waals surface area contributed by atoms with Gasteiger partial charge in [0.2, 0.25) is 5.95 Å². The molecule has 1 atom stereocenters. The fraction of sp³-hybridized carbons (Fsp3) is 0.643. The molecule has 0 saturated carbocycles. The van der Waals surface area contributed by atoms with Gasteiger partial charge in [-0.3, -0.25) is 14.5 Å². The molecule has 3 heterocycles. The van der Waals surface area contributed by atoms with Gasteiger partial charge in [0.05, 0.1) is 6.20 Å². The fourth-order valence-corrected chi connectivity index (χ4v) is 3.03. The highest BCUT2D eigenvalue weighted by atomic mass is 16.1. The fourth-order valence-electron chi connectivity index (χ4n) is 3.03. The van der Waals surface area contributed by atoms with Crippen LogP contribution in [0.3, 0.4) is 0 Å². The summed E-state index contributed by atoms with van der Waals surface area (Å²) >= 11 is 0. The summed E-state index contributed by atoms with van der Waals surface area (Å²) in [5, 5.41) is 4.66. The second-order valence-electron chi connectivity index (χ2n) is 5.77. The number of rotatable bonds is 2. The summed E-state index contributed by atoms with van der Waals surface area (Å²) in [4.78, 5) is 24.4. The van der Waals surface area contributed by atoms with Crippen molar-refractivity contribution in [1.82, 2.24) is 24.6 Å². The summed E-state index contributed by atoms with van der Waals surface area (Å²) in [6, 6.07) is 0.367. The molecular formula is C14H22N6O. The lowest BCUT2D eigenvalue weighted by Gasteiger charge is -2.30. The number of fused-ring (bicyclic) bond motifs is 1. The summed E-state index contributed by atoms with van der Waals surface area (Å²) < 4.78 is 1.65. The van der Waals surface area contributed by atoms with Crippen LogP contribution >= 0.6 is 0 Å². The number of likely N-dealkylation sites (N-methyl/N-ethyl adjacent to an activating group) is 1. The molecule has 7 heteroatoms. The first kappa shape index (κ1) is 14.1. The second kappa shape index (κ2) is 5.48. The molecular weight excluding hydrogens is 268 g/mol. The van der Waals surface area contributed by atoms with Crippen LogP contribution in [0, 0.1) is 0 Å². The van der Waals surface area contributed by atoms with Crippen molar-refractivity contribution in [1.29, 1.82) is 0 Å². The number of aryl methyl sites for hydroxylation is 1. The lowest BCUT2D eigenvalue weighted by atomic mass is 10.2. The molecule has 0 unspecified atom stereocenters. The quantitative estimate of drug-likeness (QED) is 0.876. The molecule has 1 fully saturated rings. The van der Waals surface area contributed by atoms with Gasteiger partial charge in [0.1, 0.15) is 5.39 Å². The van der Waals surface area contributed by atoms with Crippen LogP contribution in [-0.2, 0) is 7.05 Å². The monoisotopic (exact) mass is 290 g/mol. The smallest absolute Gasteiger partial charge is 0.263 e. The Balaban J connectivity index is 2.05. The summed E-state index contributed by atoms with van der Waals surface area (Å²) in [6.45, 7) is 5.15. The highest BCUT2D eigenvalue weighted by molar-refractivity contribution is 5.74. The maximum atomic E-state index is 12.2. The number of aromatic amines is 1. The number of aromatic nitrogens is 4. The Morgan fingerprint density at radius 2 is 2.19 bits per heavy atom. The number of nitrogens with one attached hydrogen (secondary N) is 1. The van der Waals surface area contributed by atoms with Crippen LogP contribution in [0.4, 0.5) is 5.95 Å². The Morgan fingerprint density at radius 1 is 1.38 bits per heavy atom. The number of hydrogen-bond donors (Lipinski definition) is 1. The minimum Gasteiger partial charge on any atom is -0.338 e. The average Bonchev–Trinajstić information content (AvgIpc) is 2.72. The largest absolute Gasteiger partial charge is 0.338 e. The van der Waals surface area contributed by atoms with E-state index in [4.69, 9.17) is 0 Å². The van der Waals surface area contributed by atoms with Gasteiger partial charge in [-0.05, 0) is 26.4 Å². The molecule has 21 heavy (non-hydrogen) atoms. The molecule has 1 aliphatic rings. The standard InChI is InChI=1S/C14H22N6O/c1-4-10-9-18(2)6-5-7-20(10)14-16-12-11(13(21)17-14)8-15-19(12)3/h8,10H,4-7,9H2,1-3H3,(H,16,17,21)/t10-/m1/s1. The average molecular weight is 290 g/mol. The minimum atomic E-state index is -0.115. The van der Waals surface area contributed by atoms with Crippen molar-refractivity contribution >= 4 is 17.0 Å². The molecule has 1 aliphatic heterocycles. The Bertz CT molecular complexity index is 690. The summed E-state index contributed by atoms with van der Waals surface area (Å²) in [7, 11) is 3.96. The van der Waals surface area contributed by atoms with E-state index >= 15 is 0 Å². The van der Waals surface area contributed by atoms with Crippen molar-refractivity contribution < 1.29 is 0 Å². The molecule has 0 radical (unpaired) electrons. The summed E-state index contributed by atoms with van der Waals surface area (Å²) in [5.41, 5.74) is 0.525. The molecule has 0 bridgehead atoms. The van der Waals surface area contributed by atoms with Gasteiger partial charge >= 0.3 is 0 Å². The van der Waals surface area contributed by atoms with Gasteiger partial charge in [0.15, 0.2) is 5.65 Å². The summed E-state index contributed by atoms with van der Waals surface area (Å²) in [5.74, 6) is 0.665. The third kappa shape index (κ3) is 2.53. The molecule has 3 rings (SSSR count). The van der Waals surface area contributed by atoms with Crippen molar-refractivity contribution in [3.63, 3.8) is 0 Å². The number of nitrogens with zero attached hydrogens (tertiary/aromatic N) is 5. The van der Waals surface area contributed by atoms with Crippen molar-refractivity contribution in [3.8, 4) is 0 Å². The van der Waals surface area contributed by atoms with Gasteiger partial charge in [-0.2, -0.15) is 10.1 Å². The molecule has 2 aromatic heterocycles. The Hall–Kier alpha value is -1.89. The molecule has 0 aliphatic carbocycles. The first-order chi connectivity index (χ1) is 10.1. The maximum Gasteiger partial charge on any atom is 0.263 e. The van der Waals surface area contributed by atoms with E-state index in [9.17, 15) is 4.79 Å². The molecule has 0 amide bonds. The molecule has 0 aromatic carbocycles. The van der Waals surface area contributed by atoms with E-state index in [0.29, 0.717) is 23.0 Å². The zero-order valence-corrected chi connectivity index (χ0v) is 12.8. The topological polar surface area (TPSA) is 70.1 Å². The molecule has 0 spiro atoms. The van der Waals surface area contributed by atoms with Gasteiger partial charge in [-0.1, -0.05) is 6.92 Å². The van der Waals surface area contributed by atoms with Crippen LogP contribution in [0.1, 0.15) is 19.8 Å². The van der Waals surface area contributed by atoms with E-state index in [0.717, 1.165) is 32.5 Å². The zero-order chi connectivity index (χ0) is 15.0. The van der Waals surface area contributed by atoms with Crippen molar-refractivity contribution in [2.45, 2.75) is 25.8 Å². The van der Waals surface area contributed by atoms with Gasteiger partial charge in [-0.25, -0.2) is 0 Å². The van der Waals surface area contributed by atoms with Crippen LogP contribution in [0.2, 0.25) is 0 Å². The van der Waals surface area contributed by atoms with Crippen LogP contribution in [0.5, 0.6) is 0 Å². The molecule has 2 aromatic rings. The van der Waals surface area contributed by atoms with Crippen molar-refractivity contribution in [2.75, 3.05) is 31.6 Å². The predicted molar refractivity (Wildman–Crippen MR) is 82.7 cm³/mol. The van der Waals surface area contributed by atoms with Gasteiger partial charge < -0.3 is 9.80 Å². The van der Waals surface area contributed by atoms with Crippen molar-refractivity contribution in [2.24, 2.45) is 7.05 Å². The third-order valence-corrected chi connectivity index (χ3v) is 4.23. The van der Waals surface area contributed by atoms with Crippen LogP contribution in [0.15, 0.2) is 11.0 Å².